The second kappa shape index (κ2) is 5.02. The van der Waals surface area contributed by atoms with Gasteiger partial charge in [0.15, 0.2) is 5.13 Å². The van der Waals surface area contributed by atoms with Crippen molar-refractivity contribution in [3.05, 3.63) is 28.8 Å². The fourth-order valence-electron chi connectivity index (χ4n) is 1.52. The summed E-state index contributed by atoms with van der Waals surface area (Å²) >= 11 is 1.39. The van der Waals surface area contributed by atoms with Crippen LogP contribution in [0.25, 0.3) is 12.2 Å². The van der Waals surface area contributed by atoms with Crippen LogP contribution < -0.4 is 5.73 Å². The van der Waals surface area contributed by atoms with Gasteiger partial charge < -0.3 is 10.3 Å². The number of imidazole rings is 1. The molecule has 92 valence electrons. The van der Waals surface area contributed by atoms with Gasteiger partial charge in [0.1, 0.15) is 6.07 Å². The summed E-state index contributed by atoms with van der Waals surface area (Å²) < 4.78 is 1.84. The Morgan fingerprint density at radius 2 is 2.11 bits per heavy atom. The van der Waals surface area contributed by atoms with E-state index in [1.54, 1.807) is 0 Å². The summed E-state index contributed by atoms with van der Waals surface area (Å²) in [4.78, 5) is 8.35. The highest BCUT2D eigenvalue weighted by atomic mass is 32.1. The summed E-state index contributed by atoms with van der Waals surface area (Å²) in [6, 6.07) is 2.30. The first kappa shape index (κ1) is 12.3. The topological polar surface area (TPSA) is 80.5 Å². The zero-order valence-electron chi connectivity index (χ0n) is 10.2. The van der Waals surface area contributed by atoms with Gasteiger partial charge in [-0.15, -0.1) is 11.3 Å². The van der Waals surface area contributed by atoms with E-state index in [0.717, 1.165) is 11.4 Å². The SMILES string of the molecule is CC(C)n1cc(C=Cc2csc(N)n2)nc1C#N. The number of nitrogen functional groups attached to an aromatic ring is 1. The first-order chi connectivity index (χ1) is 8.60. The number of hydrogen-bond donors (Lipinski definition) is 1. The molecule has 2 heterocycles. The van der Waals surface area contributed by atoms with Crippen molar-refractivity contribution in [2.24, 2.45) is 0 Å². The van der Waals surface area contributed by atoms with Crippen LogP contribution in [0.4, 0.5) is 5.13 Å². The Balaban J connectivity index is 2.25. The Hall–Kier alpha value is -2.13. The Labute approximate surface area is 109 Å². The van der Waals surface area contributed by atoms with Gasteiger partial charge in [0, 0.05) is 17.6 Å². The minimum Gasteiger partial charge on any atom is -0.375 e. The zero-order chi connectivity index (χ0) is 13.1. The van der Waals surface area contributed by atoms with Gasteiger partial charge in [-0.05, 0) is 26.0 Å². The highest BCUT2D eigenvalue weighted by Crippen LogP contribution is 2.15. The van der Waals surface area contributed by atoms with Crippen LogP contribution in [0.2, 0.25) is 0 Å². The zero-order valence-corrected chi connectivity index (χ0v) is 11.0. The van der Waals surface area contributed by atoms with Gasteiger partial charge in [0.2, 0.25) is 5.82 Å². The van der Waals surface area contributed by atoms with E-state index in [1.165, 1.54) is 11.3 Å². The highest BCUT2D eigenvalue weighted by molar-refractivity contribution is 7.13. The largest absolute Gasteiger partial charge is 0.375 e. The lowest BCUT2D eigenvalue weighted by atomic mass is 10.3. The molecular formula is C12H13N5S. The molecule has 2 aromatic rings. The van der Waals surface area contributed by atoms with E-state index in [0.29, 0.717) is 11.0 Å². The summed E-state index contributed by atoms with van der Waals surface area (Å²) in [5, 5.41) is 11.4. The highest BCUT2D eigenvalue weighted by Gasteiger charge is 2.08. The quantitative estimate of drug-likeness (QED) is 0.918. The van der Waals surface area contributed by atoms with Crippen molar-refractivity contribution in [2.45, 2.75) is 19.9 Å². The molecule has 2 N–H and O–H groups in total. The van der Waals surface area contributed by atoms with E-state index in [9.17, 15) is 0 Å². The first-order valence-electron chi connectivity index (χ1n) is 5.48. The van der Waals surface area contributed by atoms with Crippen LogP contribution in [0.5, 0.6) is 0 Å². The summed E-state index contributed by atoms with van der Waals surface area (Å²) in [5.41, 5.74) is 7.09. The second-order valence-electron chi connectivity index (χ2n) is 4.05. The van der Waals surface area contributed by atoms with Gasteiger partial charge in [-0.3, -0.25) is 0 Å². The van der Waals surface area contributed by atoms with Crippen LogP contribution in [0.15, 0.2) is 11.6 Å². The number of nitrogens with two attached hydrogens (primary N) is 1. The number of nitriles is 1. The van der Waals surface area contributed by atoms with Gasteiger partial charge in [0.25, 0.3) is 0 Å². The van der Waals surface area contributed by atoms with Crippen molar-refractivity contribution in [3.8, 4) is 6.07 Å². The number of hydrogen-bond acceptors (Lipinski definition) is 5. The molecule has 5 nitrogen and oxygen atoms in total. The predicted octanol–water partition coefficient (Wildman–Crippen LogP) is 2.54. The lowest BCUT2D eigenvalue weighted by Crippen LogP contribution is -2.01. The van der Waals surface area contributed by atoms with Crippen molar-refractivity contribution < 1.29 is 0 Å². The molecule has 0 aromatic carbocycles. The lowest BCUT2D eigenvalue weighted by Gasteiger charge is -2.05. The summed E-state index contributed by atoms with van der Waals surface area (Å²) in [7, 11) is 0. The molecular weight excluding hydrogens is 246 g/mol. The molecule has 0 saturated carbocycles. The van der Waals surface area contributed by atoms with Crippen LogP contribution >= 0.6 is 11.3 Å². The average Bonchev–Trinajstić information content (AvgIpc) is 2.92. The van der Waals surface area contributed by atoms with Crippen molar-refractivity contribution in [1.82, 2.24) is 14.5 Å². The van der Waals surface area contributed by atoms with Crippen molar-refractivity contribution in [2.75, 3.05) is 5.73 Å². The van der Waals surface area contributed by atoms with Gasteiger partial charge in [0.05, 0.1) is 11.4 Å². The summed E-state index contributed by atoms with van der Waals surface area (Å²) in [6.45, 7) is 4.02. The predicted molar refractivity (Wildman–Crippen MR) is 72.8 cm³/mol. The molecule has 0 aliphatic heterocycles. The average molecular weight is 259 g/mol. The molecule has 0 spiro atoms. The molecule has 0 bridgehead atoms. The number of anilines is 1. The molecule has 6 heteroatoms. The fourth-order valence-corrected chi connectivity index (χ4v) is 2.05. The summed E-state index contributed by atoms with van der Waals surface area (Å²) in [6.07, 6.45) is 5.52. The van der Waals surface area contributed by atoms with E-state index >= 15 is 0 Å². The Morgan fingerprint density at radius 1 is 1.39 bits per heavy atom. The standard InChI is InChI=1S/C12H13N5S/c1-8(2)17-6-9(15-11(17)5-13)3-4-10-7-18-12(14)16-10/h3-4,6-8H,1-2H3,(H2,14,16). The van der Waals surface area contributed by atoms with Crippen molar-refractivity contribution in [1.29, 1.82) is 5.26 Å². The molecule has 0 amide bonds. The van der Waals surface area contributed by atoms with E-state index < -0.39 is 0 Å². The molecule has 18 heavy (non-hydrogen) atoms. The third-order valence-electron chi connectivity index (χ3n) is 2.37. The normalized spacial score (nSPS) is 11.2. The molecule has 0 fully saturated rings. The van der Waals surface area contributed by atoms with Gasteiger partial charge in [-0.25, -0.2) is 9.97 Å². The first-order valence-corrected chi connectivity index (χ1v) is 6.36. The molecule has 2 rings (SSSR count). The van der Waals surface area contributed by atoms with Gasteiger partial charge >= 0.3 is 0 Å². The maximum atomic E-state index is 8.98. The molecule has 2 aromatic heterocycles. The third kappa shape index (κ3) is 2.57. The van der Waals surface area contributed by atoms with Gasteiger partial charge in [-0.1, -0.05) is 0 Å². The molecule has 0 aliphatic rings. The van der Waals surface area contributed by atoms with Crippen molar-refractivity contribution in [3.63, 3.8) is 0 Å². The minimum atomic E-state index is 0.212. The summed E-state index contributed by atoms with van der Waals surface area (Å²) in [5.74, 6) is 0.419. The van der Waals surface area contributed by atoms with E-state index in [-0.39, 0.29) is 6.04 Å². The Kier molecular flexibility index (Phi) is 3.44. The number of thiazole rings is 1. The smallest absolute Gasteiger partial charge is 0.213 e. The molecule has 0 unspecified atom stereocenters. The fraction of sp³-hybridized carbons (Fsp3) is 0.250. The van der Waals surface area contributed by atoms with Crippen LogP contribution in [0.3, 0.4) is 0 Å². The molecule has 0 atom stereocenters. The van der Waals surface area contributed by atoms with Gasteiger partial charge in [-0.2, -0.15) is 5.26 Å². The van der Waals surface area contributed by atoms with Crippen LogP contribution in [0.1, 0.15) is 37.1 Å². The maximum absolute atomic E-state index is 8.98. The van der Waals surface area contributed by atoms with Crippen LogP contribution in [-0.4, -0.2) is 14.5 Å². The van der Waals surface area contributed by atoms with E-state index in [1.807, 2.05) is 42.1 Å². The Morgan fingerprint density at radius 3 is 2.61 bits per heavy atom. The van der Waals surface area contributed by atoms with Crippen molar-refractivity contribution >= 4 is 28.6 Å². The number of rotatable bonds is 3. The van der Waals surface area contributed by atoms with E-state index in [2.05, 4.69) is 16.0 Å². The number of nitrogens with zero attached hydrogens (tertiary/aromatic N) is 4. The lowest BCUT2D eigenvalue weighted by molar-refractivity contribution is 0.592. The van der Waals surface area contributed by atoms with Crippen LogP contribution in [0, 0.1) is 11.3 Å². The molecule has 0 radical (unpaired) electrons. The maximum Gasteiger partial charge on any atom is 0.213 e. The molecule has 0 saturated heterocycles. The molecule has 0 aliphatic carbocycles. The van der Waals surface area contributed by atoms with Crippen LogP contribution in [-0.2, 0) is 0 Å². The third-order valence-corrected chi connectivity index (χ3v) is 3.06. The number of aromatic nitrogens is 3. The van der Waals surface area contributed by atoms with E-state index in [4.69, 9.17) is 11.0 Å². The second-order valence-corrected chi connectivity index (χ2v) is 4.94. The monoisotopic (exact) mass is 259 g/mol. The Bertz CT molecular complexity index is 615. The minimum absolute atomic E-state index is 0.212.